The molecule has 2 aromatic rings. The van der Waals surface area contributed by atoms with E-state index in [1.807, 2.05) is 0 Å². The van der Waals surface area contributed by atoms with Gasteiger partial charge in [-0.25, -0.2) is 9.18 Å². The predicted octanol–water partition coefficient (Wildman–Crippen LogP) is 3.86. The molecular weight excluding hydrogens is 425 g/mol. The van der Waals surface area contributed by atoms with E-state index in [0.717, 1.165) is 4.88 Å². The summed E-state index contributed by atoms with van der Waals surface area (Å²) in [6.07, 6.45) is 0.325. The first-order chi connectivity index (χ1) is 14.8. The van der Waals surface area contributed by atoms with Crippen molar-refractivity contribution in [2.24, 2.45) is 11.8 Å². The first-order valence-corrected chi connectivity index (χ1v) is 10.9. The standard InChI is InChI=1S/C22H22FNO6S/c1-3-29-22(28)18-15(11-4-6-12(23)7-5-11)10(2)31-20(18)24-19(25)16-13-8-9-14(30-13)17(16)21(26)27/h4-7,13-14,16-17H,3,8-9H2,1-2H3,(H,24,25)(H,26,27)/t13-,14-,16-,17+/m1/s1. The van der Waals surface area contributed by atoms with Gasteiger partial charge in [-0.15, -0.1) is 11.3 Å². The third kappa shape index (κ3) is 3.83. The SMILES string of the molecule is CCOC(=O)c1c(NC(=O)[C@H]2[C@@H](C(=O)O)[C@H]3CC[C@H]2O3)sc(C)c1-c1ccc(F)cc1. The van der Waals surface area contributed by atoms with E-state index >= 15 is 0 Å². The first kappa shape index (κ1) is 21.5. The summed E-state index contributed by atoms with van der Waals surface area (Å²) in [5.74, 6) is -4.31. The zero-order chi connectivity index (χ0) is 22.3. The number of hydrogen-bond donors (Lipinski definition) is 2. The molecule has 7 nitrogen and oxygen atoms in total. The van der Waals surface area contributed by atoms with Crippen LogP contribution in [0.25, 0.3) is 11.1 Å². The molecule has 2 fully saturated rings. The summed E-state index contributed by atoms with van der Waals surface area (Å²) in [5.41, 5.74) is 1.35. The Hall–Kier alpha value is -2.78. The van der Waals surface area contributed by atoms with Crippen molar-refractivity contribution in [3.05, 3.63) is 40.5 Å². The van der Waals surface area contributed by atoms with Crippen molar-refractivity contribution in [2.45, 2.75) is 38.9 Å². The number of thiophene rings is 1. The fourth-order valence-electron chi connectivity index (χ4n) is 4.51. The van der Waals surface area contributed by atoms with Crippen LogP contribution in [0.1, 0.15) is 35.0 Å². The van der Waals surface area contributed by atoms with Crippen LogP contribution in [0.4, 0.5) is 9.39 Å². The lowest BCUT2D eigenvalue weighted by atomic mass is 9.78. The van der Waals surface area contributed by atoms with Crippen LogP contribution < -0.4 is 5.32 Å². The average molecular weight is 447 g/mol. The Kier molecular flexibility index (Phi) is 5.81. The number of halogens is 1. The van der Waals surface area contributed by atoms with Crippen molar-refractivity contribution < 1.29 is 33.4 Å². The van der Waals surface area contributed by atoms with Gasteiger partial charge in [0.1, 0.15) is 16.4 Å². The van der Waals surface area contributed by atoms with Crippen LogP contribution in [0.3, 0.4) is 0 Å². The second kappa shape index (κ2) is 8.39. The van der Waals surface area contributed by atoms with Gasteiger partial charge in [-0.2, -0.15) is 0 Å². The first-order valence-electron chi connectivity index (χ1n) is 10.1. The number of amides is 1. The van der Waals surface area contributed by atoms with E-state index in [1.54, 1.807) is 26.0 Å². The number of aliphatic carboxylic acids is 1. The van der Waals surface area contributed by atoms with E-state index in [4.69, 9.17) is 9.47 Å². The highest BCUT2D eigenvalue weighted by Crippen LogP contribution is 2.45. The van der Waals surface area contributed by atoms with Crippen molar-refractivity contribution >= 4 is 34.2 Å². The van der Waals surface area contributed by atoms with E-state index in [1.165, 1.54) is 23.5 Å². The van der Waals surface area contributed by atoms with E-state index in [9.17, 15) is 23.9 Å². The molecule has 2 aliphatic rings. The number of rotatable bonds is 6. The summed E-state index contributed by atoms with van der Waals surface area (Å²) in [5, 5.41) is 12.6. The lowest BCUT2D eigenvalue weighted by Crippen LogP contribution is -2.41. The number of carboxylic acids is 1. The van der Waals surface area contributed by atoms with Gasteiger partial charge in [0.05, 0.1) is 30.7 Å². The molecule has 2 saturated heterocycles. The molecule has 2 N–H and O–H groups in total. The van der Waals surface area contributed by atoms with Crippen LogP contribution in [0.15, 0.2) is 24.3 Å². The van der Waals surface area contributed by atoms with Crippen LogP contribution in [0, 0.1) is 24.6 Å². The number of nitrogens with one attached hydrogen (secondary N) is 1. The lowest BCUT2D eigenvalue weighted by Gasteiger charge is -2.23. The minimum atomic E-state index is -1.06. The normalized spacial score (nSPS) is 24.2. The Morgan fingerprint density at radius 1 is 1.19 bits per heavy atom. The quantitative estimate of drug-likeness (QED) is 0.652. The van der Waals surface area contributed by atoms with Gasteiger partial charge in [0.2, 0.25) is 5.91 Å². The van der Waals surface area contributed by atoms with E-state index in [0.29, 0.717) is 24.0 Å². The van der Waals surface area contributed by atoms with E-state index in [2.05, 4.69) is 5.32 Å². The fraction of sp³-hybridized carbons (Fsp3) is 0.409. The molecule has 4 rings (SSSR count). The third-order valence-electron chi connectivity index (χ3n) is 5.79. The number of ether oxygens (including phenoxy) is 2. The van der Waals surface area contributed by atoms with Crippen molar-refractivity contribution in [1.82, 2.24) is 0 Å². The van der Waals surface area contributed by atoms with Gasteiger partial charge >= 0.3 is 11.9 Å². The molecule has 0 radical (unpaired) electrons. The fourth-order valence-corrected chi connectivity index (χ4v) is 5.58. The molecule has 0 unspecified atom stereocenters. The van der Waals surface area contributed by atoms with Gasteiger partial charge in [-0.3, -0.25) is 9.59 Å². The highest BCUT2D eigenvalue weighted by molar-refractivity contribution is 7.17. The molecule has 31 heavy (non-hydrogen) atoms. The molecule has 0 aliphatic carbocycles. The Balaban J connectivity index is 1.70. The van der Waals surface area contributed by atoms with Gasteiger partial charge in [-0.1, -0.05) is 12.1 Å². The Labute approximate surface area is 182 Å². The van der Waals surface area contributed by atoms with E-state index < -0.39 is 47.7 Å². The summed E-state index contributed by atoms with van der Waals surface area (Å²) in [7, 11) is 0. The number of aryl methyl sites for hydroxylation is 1. The van der Waals surface area contributed by atoms with Gasteiger partial charge < -0.3 is 19.9 Å². The molecule has 1 aromatic heterocycles. The highest BCUT2D eigenvalue weighted by atomic mass is 32.1. The number of carbonyl (C=O) groups excluding carboxylic acids is 2. The van der Waals surface area contributed by atoms with Crippen LogP contribution in [0.2, 0.25) is 0 Å². The highest BCUT2D eigenvalue weighted by Gasteiger charge is 2.55. The molecule has 1 aromatic carbocycles. The summed E-state index contributed by atoms with van der Waals surface area (Å²) < 4.78 is 24.3. The van der Waals surface area contributed by atoms with Gasteiger partial charge in [0.15, 0.2) is 0 Å². The molecule has 3 heterocycles. The number of esters is 1. The topological polar surface area (TPSA) is 102 Å². The smallest absolute Gasteiger partial charge is 0.341 e. The lowest BCUT2D eigenvalue weighted by molar-refractivity contribution is -0.147. The molecule has 2 aliphatic heterocycles. The summed E-state index contributed by atoms with van der Waals surface area (Å²) in [6.45, 7) is 3.62. The van der Waals surface area contributed by atoms with Gasteiger partial charge in [0, 0.05) is 10.4 Å². The molecule has 4 atom stereocenters. The zero-order valence-corrected chi connectivity index (χ0v) is 17.8. The van der Waals surface area contributed by atoms with Crippen molar-refractivity contribution in [2.75, 3.05) is 11.9 Å². The molecule has 9 heteroatoms. The molecule has 2 bridgehead atoms. The largest absolute Gasteiger partial charge is 0.481 e. The number of fused-ring (bicyclic) bond motifs is 2. The van der Waals surface area contributed by atoms with Crippen molar-refractivity contribution in [1.29, 1.82) is 0 Å². The molecule has 0 spiro atoms. The summed E-state index contributed by atoms with van der Waals surface area (Å²) in [4.78, 5) is 38.4. The van der Waals surface area contributed by atoms with Crippen LogP contribution in [0.5, 0.6) is 0 Å². The van der Waals surface area contributed by atoms with Gasteiger partial charge in [0.25, 0.3) is 0 Å². The monoisotopic (exact) mass is 447 g/mol. The predicted molar refractivity (Wildman–Crippen MR) is 112 cm³/mol. The maximum atomic E-state index is 13.4. The Morgan fingerprint density at radius 2 is 1.84 bits per heavy atom. The number of hydrogen-bond acceptors (Lipinski definition) is 6. The third-order valence-corrected chi connectivity index (χ3v) is 6.82. The minimum Gasteiger partial charge on any atom is -0.481 e. The maximum Gasteiger partial charge on any atom is 0.341 e. The molecule has 0 saturated carbocycles. The van der Waals surface area contributed by atoms with Crippen molar-refractivity contribution in [3.8, 4) is 11.1 Å². The molecular formula is C22H22FNO6S. The molecule has 164 valence electrons. The average Bonchev–Trinajstić information content (AvgIpc) is 3.41. The Bertz CT molecular complexity index is 1030. The number of benzene rings is 1. The number of anilines is 1. The minimum absolute atomic E-state index is 0.144. The molecule has 1 amide bonds. The van der Waals surface area contributed by atoms with Crippen LogP contribution in [-0.4, -0.2) is 41.8 Å². The summed E-state index contributed by atoms with van der Waals surface area (Å²) in [6, 6.07) is 5.71. The number of carbonyl (C=O) groups is 3. The second-order valence-corrected chi connectivity index (χ2v) is 8.86. The van der Waals surface area contributed by atoms with Crippen molar-refractivity contribution in [3.63, 3.8) is 0 Å². The number of carboxylic acid groups (broad SMARTS) is 1. The Morgan fingerprint density at radius 3 is 2.45 bits per heavy atom. The van der Waals surface area contributed by atoms with E-state index in [-0.39, 0.29) is 17.2 Å². The maximum absolute atomic E-state index is 13.4. The van der Waals surface area contributed by atoms with Crippen LogP contribution in [-0.2, 0) is 19.1 Å². The van der Waals surface area contributed by atoms with Gasteiger partial charge in [-0.05, 0) is 44.4 Å². The summed E-state index contributed by atoms with van der Waals surface area (Å²) >= 11 is 1.20. The zero-order valence-electron chi connectivity index (χ0n) is 17.0. The second-order valence-electron chi connectivity index (χ2n) is 7.63. The van der Waals surface area contributed by atoms with Crippen LogP contribution >= 0.6 is 11.3 Å².